The minimum Gasteiger partial charge on any atom is -0.391 e. The molecule has 1 saturated carbocycles. The van der Waals surface area contributed by atoms with Crippen molar-refractivity contribution in [2.75, 3.05) is 6.54 Å². The van der Waals surface area contributed by atoms with E-state index < -0.39 is 23.6 Å². The Bertz CT molecular complexity index is 826. The Morgan fingerprint density at radius 2 is 1.71 bits per heavy atom. The van der Waals surface area contributed by atoms with Crippen molar-refractivity contribution in [3.63, 3.8) is 0 Å². The van der Waals surface area contributed by atoms with Crippen LogP contribution in [-0.2, 0) is 14.4 Å². The molecular formula is C24H35N3O4. The summed E-state index contributed by atoms with van der Waals surface area (Å²) >= 11 is 0. The largest absolute Gasteiger partial charge is 0.391 e. The summed E-state index contributed by atoms with van der Waals surface area (Å²) in [5.74, 6) is -0.268. The zero-order chi connectivity index (χ0) is 22.9. The minimum absolute atomic E-state index is 0.0769. The summed E-state index contributed by atoms with van der Waals surface area (Å²) in [5.41, 5.74) is 1.80. The van der Waals surface area contributed by atoms with Gasteiger partial charge in [0.1, 0.15) is 12.1 Å². The summed E-state index contributed by atoms with van der Waals surface area (Å²) in [6.07, 6.45) is 1.90. The highest BCUT2D eigenvalue weighted by atomic mass is 16.3. The molecule has 4 atom stereocenters. The number of β-amino-alcohol motifs (C(OH)–C–C–N with tert-alkyl or cyclic N) is 1. The number of nitrogens with zero attached hydrogens (tertiary/aromatic N) is 1. The molecule has 1 saturated heterocycles. The second-order valence-electron chi connectivity index (χ2n) is 10.1. The maximum absolute atomic E-state index is 13.3. The van der Waals surface area contributed by atoms with Crippen LogP contribution in [0.2, 0.25) is 0 Å². The standard InChI is InChI=1S/C24H35N3O4/c1-14(16-6-8-17(9-7-16)18-10-11-18)25-22(30)20-12-19(29)13-27(20)23(31)21(24(3,4)5)26-15(2)28/h6-9,14,18-21,29H,10-13H2,1-5H3,(H,25,30)(H,26,28)/t14-,19?,20?,21+/m0/s1. The average Bonchev–Trinajstić information content (AvgIpc) is 3.46. The van der Waals surface area contributed by atoms with Gasteiger partial charge in [-0.15, -0.1) is 0 Å². The van der Waals surface area contributed by atoms with Crippen LogP contribution in [0.5, 0.6) is 0 Å². The van der Waals surface area contributed by atoms with Crippen LogP contribution in [0.15, 0.2) is 24.3 Å². The van der Waals surface area contributed by atoms with E-state index in [0.717, 1.165) is 5.56 Å². The number of aliphatic hydroxyl groups is 1. The number of rotatable bonds is 6. The molecule has 31 heavy (non-hydrogen) atoms. The highest BCUT2D eigenvalue weighted by molar-refractivity contribution is 5.93. The number of carbonyl (C=O) groups is 3. The van der Waals surface area contributed by atoms with Crippen molar-refractivity contribution in [1.29, 1.82) is 0 Å². The van der Waals surface area contributed by atoms with E-state index in [-0.39, 0.29) is 36.7 Å². The first-order valence-corrected chi connectivity index (χ1v) is 11.1. The Labute approximate surface area is 184 Å². The molecule has 2 fully saturated rings. The van der Waals surface area contributed by atoms with Gasteiger partial charge in [0.15, 0.2) is 0 Å². The van der Waals surface area contributed by atoms with E-state index in [1.165, 1.54) is 30.2 Å². The van der Waals surface area contributed by atoms with E-state index in [2.05, 4.69) is 22.8 Å². The first kappa shape index (κ1) is 23.3. The number of nitrogens with one attached hydrogen (secondary N) is 2. The maximum atomic E-state index is 13.3. The third-order valence-corrected chi connectivity index (χ3v) is 6.17. The molecule has 3 rings (SSSR count). The molecule has 170 valence electrons. The number of hydrogen-bond acceptors (Lipinski definition) is 4. The van der Waals surface area contributed by atoms with Gasteiger partial charge in [0, 0.05) is 19.9 Å². The second-order valence-corrected chi connectivity index (χ2v) is 10.1. The molecule has 1 aromatic rings. The van der Waals surface area contributed by atoms with Crippen molar-refractivity contribution < 1.29 is 19.5 Å². The fourth-order valence-corrected chi connectivity index (χ4v) is 4.19. The molecule has 0 spiro atoms. The molecule has 1 heterocycles. The quantitative estimate of drug-likeness (QED) is 0.646. The maximum Gasteiger partial charge on any atom is 0.246 e. The van der Waals surface area contributed by atoms with Gasteiger partial charge in [-0.2, -0.15) is 0 Å². The lowest BCUT2D eigenvalue weighted by Crippen LogP contribution is -2.57. The summed E-state index contributed by atoms with van der Waals surface area (Å²) < 4.78 is 0. The Morgan fingerprint density at radius 1 is 1.10 bits per heavy atom. The molecule has 7 heteroatoms. The molecule has 0 bridgehead atoms. The highest BCUT2D eigenvalue weighted by Gasteiger charge is 2.44. The van der Waals surface area contributed by atoms with Gasteiger partial charge in [-0.05, 0) is 42.2 Å². The SMILES string of the molecule is CC(=O)N[C@H](C(=O)N1CC(O)CC1C(=O)N[C@@H](C)c1ccc(C2CC2)cc1)C(C)(C)C. The first-order chi connectivity index (χ1) is 14.5. The molecule has 1 aromatic carbocycles. The zero-order valence-electron chi connectivity index (χ0n) is 19.1. The monoisotopic (exact) mass is 429 g/mol. The Balaban J connectivity index is 1.70. The molecule has 0 aromatic heterocycles. The van der Waals surface area contributed by atoms with Gasteiger partial charge >= 0.3 is 0 Å². The number of aliphatic hydroxyl groups excluding tert-OH is 1. The van der Waals surface area contributed by atoms with Gasteiger partial charge in [0.25, 0.3) is 0 Å². The van der Waals surface area contributed by atoms with Gasteiger partial charge in [-0.1, -0.05) is 45.0 Å². The highest BCUT2D eigenvalue weighted by Crippen LogP contribution is 2.40. The minimum atomic E-state index is -0.780. The average molecular weight is 430 g/mol. The molecule has 1 aliphatic carbocycles. The molecule has 2 aliphatic rings. The van der Waals surface area contributed by atoms with E-state index in [9.17, 15) is 19.5 Å². The number of likely N-dealkylation sites (tertiary alicyclic amines) is 1. The topological polar surface area (TPSA) is 98.7 Å². The van der Waals surface area contributed by atoms with Crippen LogP contribution in [0.3, 0.4) is 0 Å². The van der Waals surface area contributed by atoms with Crippen LogP contribution < -0.4 is 10.6 Å². The van der Waals surface area contributed by atoms with Crippen molar-refractivity contribution in [3.05, 3.63) is 35.4 Å². The van der Waals surface area contributed by atoms with E-state index >= 15 is 0 Å². The normalized spacial score (nSPS) is 23.2. The number of amides is 3. The smallest absolute Gasteiger partial charge is 0.246 e. The Morgan fingerprint density at radius 3 is 2.23 bits per heavy atom. The van der Waals surface area contributed by atoms with Gasteiger partial charge < -0.3 is 20.6 Å². The summed E-state index contributed by atoms with van der Waals surface area (Å²) in [7, 11) is 0. The van der Waals surface area contributed by atoms with E-state index in [1.54, 1.807) is 0 Å². The Kier molecular flexibility index (Phi) is 6.74. The van der Waals surface area contributed by atoms with Crippen LogP contribution in [0.25, 0.3) is 0 Å². The van der Waals surface area contributed by atoms with Crippen molar-refractivity contribution >= 4 is 17.7 Å². The molecule has 2 unspecified atom stereocenters. The van der Waals surface area contributed by atoms with Gasteiger partial charge in [0.2, 0.25) is 17.7 Å². The second kappa shape index (κ2) is 8.99. The third-order valence-electron chi connectivity index (χ3n) is 6.17. The number of benzene rings is 1. The fourth-order valence-electron chi connectivity index (χ4n) is 4.19. The lowest BCUT2D eigenvalue weighted by molar-refractivity contribution is -0.144. The van der Waals surface area contributed by atoms with Crippen molar-refractivity contribution in [1.82, 2.24) is 15.5 Å². The lowest BCUT2D eigenvalue weighted by Gasteiger charge is -2.35. The van der Waals surface area contributed by atoms with Crippen molar-refractivity contribution in [2.24, 2.45) is 5.41 Å². The molecule has 1 aliphatic heterocycles. The van der Waals surface area contributed by atoms with Crippen LogP contribution >= 0.6 is 0 Å². The van der Waals surface area contributed by atoms with Crippen LogP contribution in [0.1, 0.15) is 77.0 Å². The fraction of sp³-hybridized carbons (Fsp3) is 0.625. The van der Waals surface area contributed by atoms with Crippen LogP contribution in [0, 0.1) is 5.41 Å². The van der Waals surface area contributed by atoms with Crippen LogP contribution in [0.4, 0.5) is 0 Å². The van der Waals surface area contributed by atoms with Gasteiger partial charge in [-0.25, -0.2) is 0 Å². The predicted molar refractivity (Wildman–Crippen MR) is 118 cm³/mol. The van der Waals surface area contributed by atoms with Crippen molar-refractivity contribution in [3.8, 4) is 0 Å². The molecular weight excluding hydrogens is 394 g/mol. The van der Waals surface area contributed by atoms with E-state index in [4.69, 9.17) is 0 Å². The summed E-state index contributed by atoms with van der Waals surface area (Å²) in [5, 5.41) is 15.9. The third kappa shape index (κ3) is 5.64. The summed E-state index contributed by atoms with van der Waals surface area (Å²) in [6.45, 7) is 8.94. The summed E-state index contributed by atoms with van der Waals surface area (Å²) in [4.78, 5) is 39.4. The van der Waals surface area contributed by atoms with Crippen LogP contribution in [-0.4, -0.2) is 52.5 Å². The Hall–Kier alpha value is -2.41. The van der Waals surface area contributed by atoms with Gasteiger partial charge in [0.05, 0.1) is 12.1 Å². The lowest BCUT2D eigenvalue weighted by atomic mass is 9.85. The van der Waals surface area contributed by atoms with Crippen molar-refractivity contribution in [2.45, 2.75) is 84.0 Å². The predicted octanol–water partition coefficient (Wildman–Crippen LogP) is 2.25. The molecule has 3 N–H and O–H groups in total. The zero-order valence-corrected chi connectivity index (χ0v) is 19.1. The molecule has 7 nitrogen and oxygen atoms in total. The molecule has 0 radical (unpaired) electrons. The number of hydrogen-bond donors (Lipinski definition) is 3. The molecule has 3 amide bonds. The van der Waals surface area contributed by atoms with E-state index in [1.807, 2.05) is 39.8 Å². The summed E-state index contributed by atoms with van der Waals surface area (Å²) in [6, 6.07) is 6.55. The first-order valence-electron chi connectivity index (χ1n) is 11.1. The van der Waals surface area contributed by atoms with E-state index in [0.29, 0.717) is 5.92 Å². The number of carbonyl (C=O) groups excluding carboxylic acids is 3. The van der Waals surface area contributed by atoms with Gasteiger partial charge in [-0.3, -0.25) is 14.4 Å².